The number of aromatic nitrogens is 2. The van der Waals surface area contributed by atoms with E-state index < -0.39 is 33.8 Å². The van der Waals surface area contributed by atoms with Crippen molar-refractivity contribution in [2.45, 2.75) is 12.3 Å². The molecular weight excluding hydrogens is 456 g/mol. The summed E-state index contributed by atoms with van der Waals surface area (Å²) in [7, 11) is -3.68. The first-order valence-electron chi connectivity index (χ1n) is 9.28. The molecule has 1 heterocycles. The Hall–Kier alpha value is -2.90. The highest BCUT2D eigenvalue weighted by Gasteiger charge is 2.35. The lowest BCUT2D eigenvalue weighted by Crippen LogP contribution is -2.26. The third-order valence-electron chi connectivity index (χ3n) is 4.37. The van der Waals surface area contributed by atoms with Crippen molar-refractivity contribution in [2.24, 2.45) is 0 Å². The van der Waals surface area contributed by atoms with E-state index in [2.05, 4.69) is 10.4 Å². The summed E-state index contributed by atoms with van der Waals surface area (Å²) in [6.07, 6.45) is -4.69. The Morgan fingerprint density at radius 3 is 2.66 bits per heavy atom. The number of aliphatic hydroxyl groups is 1. The molecule has 174 valence electrons. The number of fused-ring (bicyclic) bond motifs is 1. The number of nitrogens with zero attached hydrogens (tertiary/aromatic N) is 1. The van der Waals surface area contributed by atoms with Gasteiger partial charge in [0.15, 0.2) is 0 Å². The molecule has 0 fully saturated rings. The SMILES string of the molecule is CS(=O)(=O)Nc1cc([C@@H](O)CNCCOc2ccc3c(C(F)(F)F)[nH]nc3c2)ccc1F. The number of alkyl halides is 3. The van der Waals surface area contributed by atoms with Crippen LogP contribution in [-0.4, -0.2) is 49.7 Å². The van der Waals surface area contributed by atoms with E-state index in [1.165, 1.54) is 30.3 Å². The van der Waals surface area contributed by atoms with E-state index in [4.69, 9.17) is 4.74 Å². The molecule has 0 aliphatic carbocycles. The van der Waals surface area contributed by atoms with E-state index in [1.54, 1.807) is 0 Å². The molecule has 4 N–H and O–H groups in total. The van der Waals surface area contributed by atoms with Crippen LogP contribution in [0.4, 0.5) is 23.2 Å². The molecular formula is C19H20F4N4O4S. The summed E-state index contributed by atoms with van der Waals surface area (Å²) in [6, 6.07) is 7.63. The molecule has 0 saturated carbocycles. The Kier molecular flexibility index (Phi) is 6.91. The predicted molar refractivity (Wildman–Crippen MR) is 109 cm³/mol. The van der Waals surface area contributed by atoms with Crippen LogP contribution in [0, 0.1) is 5.82 Å². The molecule has 1 aromatic heterocycles. The number of benzene rings is 2. The van der Waals surface area contributed by atoms with Gasteiger partial charge in [-0.25, -0.2) is 12.8 Å². The highest BCUT2D eigenvalue weighted by Crippen LogP contribution is 2.34. The third-order valence-corrected chi connectivity index (χ3v) is 4.96. The average Bonchev–Trinajstić information content (AvgIpc) is 3.12. The van der Waals surface area contributed by atoms with Gasteiger partial charge < -0.3 is 15.2 Å². The van der Waals surface area contributed by atoms with Crippen LogP contribution in [0.3, 0.4) is 0 Å². The molecule has 0 aliphatic heterocycles. The van der Waals surface area contributed by atoms with Crippen LogP contribution in [0.5, 0.6) is 5.75 Å². The normalized spacial score (nSPS) is 13.3. The standard InChI is InChI=1S/C19H20F4N4O4S/c1-32(29,30)27-16-8-11(2-5-14(16)20)17(28)10-24-6-7-31-12-3-4-13-15(9-12)25-26-18(13)19(21,22)23/h2-5,8-9,17,24,27-28H,6-7,10H2,1H3,(H,25,26)/t17-/m0/s1. The fourth-order valence-electron chi connectivity index (χ4n) is 2.92. The number of halogens is 4. The van der Waals surface area contributed by atoms with Crippen LogP contribution in [0.25, 0.3) is 10.9 Å². The lowest BCUT2D eigenvalue weighted by atomic mass is 10.1. The maximum Gasteiger partial charge on any atom is 0.433 e. The van der Waals surface area contributed by atoms with Crippen LogP contribution < -0.4 is 14.8 Å². The fourth-order valence-corrected chi connectivity index (χ4v) is 3.48. The molecule has 0 spiro atoms. The van der Waals surface area contributed by atoms with Crippen molar-refractivity contribution in [3.05, 3.63) is 53.5 Å². The second-order valence-electron chi connectivity index (χ2n) is 6.96. The maximum atomic E-state index is 13.7. The largest absolute Gasteiger partial charge is 0.492 e. The number of sulfonamides is 1. The first kappa shape index (κ1) is 23.8. The maximum absolute atomic E-state index is 13.7. The van der Waals surface area contributed by atoms with Gasteiger partial charge in [-0.05, 0) is 29.8 Å². The summed E-state index contributed by atoms with van der Waals surface area (Å²) in [5.74, 6) is -0.445. The lowest BCUT2D eigenvalue weighted by molar-refractivity contribution is -0.139. The third kappa shape index (κ3) is 6.08. The molecule has 32 heavy (non-hydrogen) atoms. The average molecular weight is 476 g/mol. The monoisotopic (exact) mass is 476 g/mol. The summed E-state index contributed by atoms with van der Waals surface area (Å²) in [4.78, 5) is 0. The number of anilines is 1. The van der Waals surface area contributed by atoms with Crippen molar-refractivity contribution in [3.8, 4) is 5.75 Å². The van der Waals surface area contributed by atoms with Crippen molar-refractivity contribution in [3.63, 3.8) is 0 Å². The van der Waals surface area contributed by atoms with Crippen LogP contribution in [0.1, 0.15) is 17.4 Å². The Morgan fingerprint density at radius 1 is 1.22 bits per heavy atom. The number of ether oxygens (including phenoxy) is 1. The van der Waals surface area contributed by atoms with Gasteiger partial charge in [0.05, 0.1) is 23.6 Å². The van der Waals surface area contributed by atoms with Crippen LogP contribution in [0.15, 0.2) is 36.4 Å². The molecule has 0 aliphatic rings. The number of hydrogen-bond donors (Lipinski definition) is 4. The van der Waals surface area contributed by atoms with Gasteiger partial charge in [-0.1, -0.05) is 6.07 Å². The zero-order valence-corrected chi connectivity index (χ0v) is 17.5. The Balaban J connectivity index is 1.50. The molecule has 0 unspecified atom stereocenters. The first-order chi connectivity index (χ1) is 14.9. The van der Waals surface area contributed by atoms with Crippen LogP contribution in [0.2, 0.25) is 0 Å². The van der Waals surface area contributed by atoms with E-state index in [9.17, 15) is 31.1 Å². The summed E-state index contributed by atoms with van der Waals surface area (Å²) in [6.45, 7) is 0.513. The van der Waals surface area contributed by atoms with Crippen molar-refractivity contribution < 1.29 is 35.8 Å². The molecule has 0 bridgehead atoms. The zero-order chi connectivity index (χ0) is 23.5. The molecule has 2 aromatic carbocycles. The van der Waals surface area contributed by atoms with Gasteiger partial charge in [0.1, 0.15) is 23.9 Å². The van der Waals surface area contributed by atoms with Gasteiger partial charge in [-0.3, -0.25) is 9.82 Å². The molecule has 1 atom stereocenters. The van der Waals surface area contributed by atoms with Crippen molar-refractivity contribution >= 4 is 26.6 Å². The second kappa shape index (κ2) is 9.30. The molecule has 13 heteroatoms. The topological polar surface area (TPSA) is 116 Å². The minimum absolute atomic E-state index is 0.0601. The summed E-state index contributed by atoms with van der Waals surface area (Å²) < 4.78 is 82.4. The van der Waals surface area contributed by atoms with E-state index in [-0.39, 0.29) is 29.7 Å². The molecule has 0 saturated heterocycles. The van der Waals surface area contributed by atoms with E-state index in [0.29, 0.717) is 17.9 Å². The number of hydrogen-bond acceptors (Lipinski definition) is 6. The zero-order valence-electron chi connectivity index (χ0n) is 16.7. The van der Waals surface area contributed by atoms with E-state index in [0.717, 1.165) is 12.3 Å². The molecule has 8 nitrogen and oxygen atoms in total. The predicted octanol–water partition coefficient (Wildman–Crippen LogP) is 2.79. The molecule has 3 rings (SSSR count). The smallest absolute Gasteiger partial charge is 0.433 e. The molecule has 0 amide bonds. The highest BCUT2D eigenvalue weighted by atomic mass is 32.2. The van der Waals surface area contributed by atoms with Gasteiger partial charge in [0.25, 0.3) is 0 Å². The molecule has 0 radical (unpaired) electrons. The number of aliphatic hydroxyl groups excluding tert-OH is 1. The second-order valence-corrected chi connectivity index (χ2v) is 8.71. The minimum atomic E-state index is -4.53. The van der Waals surface area contributed by atoms with Gasteiger partial charge in [-0.2, -0.15) is 18.3 Å². The van der Waals surface area contributed by atoms with Crippen LogP contribution in [-0.2, 0) is 16.2 Å². The Morgan fingerprint density at radius 2 is 1.97 bits per heavy atom. The Labute approximate surface area is 180 Å². The number of nitrogens with one attached hydrogen (secondary N) is 3. The first-order valence-corrected chi connectivity index (χ1v) is 11.2. The quantitative estimate of drug-likeness (QED) is 0.279. The van der Waals surface area contributed by atoms with Gasteiger partial charge in [0, 0.05) is 24.5 Å². The van der Waals surface area contributed by atoms with Gasteiger partial charge >= 0.3 is 6.18 Å². The summed E-state index contributed by atoms with van der Waals surface area (Å²) in [5.41, 5.74) is -0.774. The van der Waals surface area contributed by atoms with E-state index in [1.807, 2.05) is 9.82 Å². The number of aromatic amines is 1. The lowest BCUT2D eigenvalue weighted by Gasteiger charge is -2.14. The van der Waals surface area contributed by atoms with Gasteiger partial charge in [0.2, 0.25) is 10.0 Å². The van der Waals surface area contributed by atoms with Crippen molar-refractivity contribution in [2.75, 3.05) is 30.7 Å². The van der Waals surface area contributed by atoms with Gasteiger partial charge in [-0.15, -0.1) is 0 Å². The number of H-pyrrole nitrogens is 1. The highest BCUT2D eigenvalue weighted by molar-refractivity contribution is 7.92. The van der Waals surface area contributed by atoms with Crippen molar-refractivity contribution in [1.82, 2.24) is 15.5 Å². The summed E-state index contributed by atoms with van der Waals surface area (Å²) in [5, 5.41) is 18.7. The van der Waals surface area contributed by atoms with Crippen LogP contribution >= 0.6 is 0 Å². The molecule has 3 aromatic rings. The van der Waals surface area contributed by atoms with E-state index >= 15 is 0 Å². The summed E-state index contributed by atoms with van der Waals surface area (Å²) >= 11 is 0. The fraction of sp³-hybridized carbons (Fsp3) is 0.316. The minimum Gasteiger partial charge on any atom is -0.492 e. The Bertz CT molecular complexity index is 1200. The van der Waals surface area contributed by atoms with Crippen molar-refractivity contribution in [1.29, 1.82) is 0 Å². The number of rotatable bonds is 9.